The highest BCUT2D eigenvalue weighted by atomic mass is 16.1. The van der Waals surface area contributed by atoms with E-state index in [1.165, 1.54) is 6.42 Å². The van der Waals surface area contributed by atoms with E-state index in [4.69, 9.17) is 0 Å². The summed E-state index contributed by atoms with van der Waals surface area (Å²) in [5, 5.41) is 0. The number of allylic oxidation sites excluding steroid dienone is 4. The van der Waals surface area contributed by atoms with Crippen LogP contribution in [0, 0.1) is 22.7 Å². The predicted octanol–water partition coefficient (Wildman–Crippen LogP) is 5.46. The summed E-state index contributed by atoms with van der Waals surface area (Å²) in [5.74, 6) is 1.76. The first-order chi connectivity index (χ1) is 9.59. The maximum atomic E-state index is 12.0. The van der Waals surface area contributed by atoms with Gasteiger partial charge in [-0.3, -0.25) is 4.79 Å². The fourth-order valence-electron chi connectivity index (χ4n) is 4.70. The molecule has 0 heterocycles. The minimum atomic E-state index is 0.225. The van der Waals surface area contributed by atoms with Crippen molar-refractivity contribution in [3.05, 3.63) is 22.3 Å². The summed E-state index contributed by atoms with van der Waals surface area (Å²) >= 11 is 0. The Hall–Kier alpha value is -0.850. The molecule has 3 aliphatic rings. The average Bonchev–Trinajstić information content (AvgIpc) is 2.83. The Kier molecular flexibility index (Phi) is 3.28. The van der Waals surface area contributed by atoms with Gasteiger partial charge in [0.05, 0.1) is 0 Å². The van der Waals surface area contributed by atoms with Crippen molar-refractivity contribution in [3.8, 4) is 0 Å². The van der Waals surface area contributed by atoms with Crippen LogP contribution in [0.15, 0.2) is 22.3 Å². The van der Waals surface area contributed by atoms with Crippen LogP contribution in [0.3, 0.4) is 0 Å². The quantitative estimate of drug-likeness (QED) is 0.577. The van der Waals surface area contributed by atoms with E-state index in [0.29, 0.717) is 11.7 Å². The zero-order chi connectivity index (χ0) is 15.6. The number of ketones is 1. The highest BCUT2D eigenvalue weighted by Crippen LogP contribution is 2.59. The Morgan fingerprint density at radius 3 is 2.10 bits per heavy atom. The second kappa shape index (κ2) is 4.57. The van der Waals surface area contributed by atoms with E-state index >= 15 is 0 Å². The van der Waals surface area contributed by atoms with Gasteiger partial charge in [0.1, 0.15) is 5.78 Å². The minimum absolute atomic E-state index is 0.225. The monoisotopic (exact) mass is 286 g/mol. The van der Waals surface area contributed by atoms with E-state index in [2.05, 4.69) is 41.5 Å². The first-order valence-electron chi connectivity index (χ1n) is 8.57. The second-order valence-electron chi connectivity index (χ2n) is 9.38. The van der Waals surface area contributed by atoms with Gasteiger partial charge < -0.3 is 0 Å². The molecule has 116 valence electrons. The topological polar surface area (TPSA) is 17.1 Å². The van der Waals surface area contributed by atoms with E-state index in [1.807, 2.05) is 0 Å². The summed E-state index contributed by atoms with van der Waals surface area (Å²) in [4.78, 5) is 12.0. The highest BCUT2D eigenvalue weighted by Gasteiger charge is 2.46. The number of rotatable bonds is 0. The van der Waals surface area contributed by atoms with Gasteiger partial charge in [0.15, 0.2) is 0 Å². The van der Waals surface area contributed by atoms with E-state index in [0.717, 1.165) is 31.6 Å². The molecule has 2 unspecified atom stereocenters. The molecule has 2 atom stereocenters. The lowest BCUT2D eigenvalue weighted by molar-refractivity contribution is -0.121. The number of carbonyl (C=O) groups excluding carboxylic acids is 1. The van der Waals surface area contributed by atoms with Crippen LogP contribution in [0.1, 0.15) is 73.6 Å². The predicted molar refractivity (Wildman–Crippen MR) is 88.0 cm³/mol. The molecular weight excluding hydrogens is 256 g/mol. The lowest BCUT2D eigenvalue weighted by Gasteiger charge is -2.30. The highest BCUT2D eigenvalue weighted by molar-refractivity contribution is 5.81. The summed E-state index contributed by atoms with van der Waals surface area (Å²) in [6.45, 7) is 14.1. The molecule has 3 rings (SSSR count). The summed E-state index contributed by atoms with van der Waals surface area (Å²) in [6.07, 6.45) is 5.12. The van der Waals surface area contributed by atoms with Crippen molar-refractivity contribution in [3.63, 3.8) is 0 Å². The van der Waals surface area contributed by atoms with Gasteiger partial charge in [0.2, 0.25) is 0 Å². The molecule has 2 saturated carbocycles. The third kappa shape index (κ3) is 2.43. The van der Waals surface area contributed by atoms with E-state index < -0.39 is 0 Å². The first-order valence-corrected chi connectivity index (χ1v) is 8.57. The van der Waals surface area contributed by atoms with Crippen molar-refractivity contribution in [2.75, 3.05) is 0 Å². The Morgan fingerprint density at radius 2 is 1.52 bits per heavy atom. The molecule has 0 amide bonds. The molecule has 0 N–H and O–H groups in total. The van der Waals surface area contributed by atoms with Gasteiger partial charge in [-0.2, -0.15) is 0 Å². The lowest BCUT2D eigenvalue weighted by atomic mass is 9.74. The van der Waals surface area contributed by atoms with Crippen LogP contribution in [-0.4, -0.2) is 5.78 Å². The standard InChI is InChI=1S/C20H30O/c1-19(2,3)16-11-17(20(4,5)6)18-14-10-13(21)8-7-12(14)9-15(16)18/h12,14H,7-11H2,1-6H3. The van der Waals surface area contributed by atoms with Crippen LogP contribution in [0.2, 0.25) is 0 Å². The maximum absolute atomic E-state index is 12.0. The summed E-state index contributed by atoms with van der Waals surface area (Å²) < 4.78 is 0. The van der Waals surface area contributed by atoms with Crippen molar-refractivity contribution in [2.45, 2.75) is 73.6 Å². The Balaban J connectivity index is 2.10. The molecule has 0 saturated heterocycles. The number of fused-ring (bicyclic) bond motifs is 3. The van der Waals surface area contributed by atoms with Crippen LogP contribution in [0.25, 0.3) is 0 Å². The van der Waals surface area contributed by atoms with Gasteiger partial charge in [0.25, 0.3) is 0 Å². The molecule has 0 aliphatic heterocycles. The average molecular weight is 286 g/mol. The van der Waals surface area contributed by atoms with Crippen LogP contribution < -0.4 is 0 Å². The Morgan fingerprint density at radius 1 is 0.905 bits per heavy atom. The molecule has 0 bridgehead atoms. The lowest BCUT2D eigenvalue weighted by Crippen LogP contribution is -2.23. The first kappa shape index (κ1) is 15.1. The molecule has 3 aliphatic carbocycles. The van der Waals surface area contributed by atoms with Gasteiger partial charge in [-0.1, -0.05) is 52.7 Å². The van der Waals surface area contributed by atoms with Gasteiger partial charge in [-0.05, 0) is 53.1 Å². The molecule has 1 nitrogen and oxygen atoms in total. The molecule has 0 radical (unpaired) electrons. The molecule has 2 fully saturated rings. The largest absolute Gasteiger partial charge is 0.300 e. The fourth-order valence-corrected chi connectivity index (χ4v) is 4.70. The zero-order valence-corrected chi connectivity index (χ0v) is 14.6. The molecule has 0 spiro atoms. The summed E-state index contributed by atoms with van der Waals surface area (Å²) in [7, 11) is 0. The smallest absolute Gasteiger partial charge is 0.133 e. The van der Waals surface area contributed by atoms with Crippen molar-refractivity contribution < 1.29 is 4.79 Å². The van der Waals surface area contributed by atoms with Crippen molar-refractivity contribution in [1.82, 2.24) is 0 Å². The van der Waals surface area contributed by atoms with Crippen LogP contribution >= 0.6 is 0 Å². The van der Waals surface area contributed by atoms with Crippen LogP contribution in [-0.2, 0) is 4.79 Å². The number of carbonyl (C=O) groups is 1. The van der Waals surface area contributed by atoms with Gasteiger partial charge in [-0.25, -0.2) is 0 Å². The van der Waals surface area contributed by atoms with E-state index in [1.54, 1.807) is 22.3 Å². The van der Waals surface area contributed by atoms with E-state index in [9.17, 15) is 4.79 Å². The third-order valence-corrected chi connectivity index (χ3v) is 5.83. The Labute approximate surface area is 129 Å². The molecular formula is C20H30O. The fraction of sp³-hybridized carbons (Fsp3) is 0.750. The molecule has 0 aromatic heterocycles. The number of Topliss-reactive ketones (excluding diaryl/α,β-unsaturated/α-hetero) is 1. The van der Waals surface area contributed by atoms with E-state index in [-0.39, 0.29) is 10.8 Å². The van der Waals surface area contributed by atoms with Crippen LogP contribution in [0.4, 0.5) is 0 Å². The SMILES string of the molecule is CC(C)(C)C1=C2CC3CCC(=O)CC3C2=C(C(C)(C)C)C1. The van der Waals surface area contributed by atoms with Crippen molar-refractivity contribution in [2.24, 2.45) is 22.7 Å². The molecule has 0 aromatic carbocycles. The molecule has 1 heteroatoms. The van der Waals surface area contributed by atoms with Gasteiger partial charge in [-0.15, -0.1) is 0 Å². The van der Waals surface area contributed by atoms with Gasteiger partial charge in [0, 0.05) is 12.8 Å². The summed E-state index contributed by atoms with van der Waals surface area (Å²) in [5.41, 5.74) is 7.03. The second-order valence-corrected chi connectivity index (χ2v) is 9.38. The van der Waals surface area contributed by atoms with Crippen molar-refractivity contribution in [1.29, 1.82) is 0 Å². The van der Waals surface area contributed by atoms with Crippen LogP contribution in [0.5, 0.6) is 0 Å². The third-order valence-electron chi connectivity index (χ3n) is 5.83. The number of hydrogen-bond acceptors (Lipinski definition) is 1. The summed E-state index contributed by atoms with van der Waals surface area (Å²) in [6, 6.07) is 0. The zero-order valence-electron chi connectivity index (χ0n) is 14.6. The normalized spacial score (nSPS) is 30.1. The number of hydrogen-bond donors (Lipinski definition) is 0. The Bertz CT molecular complexity index is 545. The molecule has 21 heavy (non-hydrogen) atoms. The molecule has 0 aromatic rings. The minimum Gasteiger partial charge on any atom is -0.300 e. The van der Waals surface area contributed by atoms with Crippen molar-refractivity contribution >= 4 is 5.78 Å². The maximum Gasteiger partial charge on any atom is 0.133 e. The van der Waals surface area contributed by atoms with Gasteiger partial charge >= 0.3 is 0 Å².